The molecule has 1 aliphatic rings. The van der Waals surface area contributed by atoms with Crippen molar-refractivity contribution in [3.63, 3.8) is 0 Å². The van der Waals surface area contributed by atoms with Crippen LogP contribution in [0.2, 0.25) is 0 Å². The first-order valence-electron chi connectivity index (χ1n) is 10.6. The highest BCUT2D eigenvalue weighted by molar-refractivity contribution is 5.68. The smallest absolute Gasteiger partial charge is 0.410 e. The largest absolute Gasteiger partial charge is 0.480 e. The Balaban J connectivity index is 1.93. The van der Waals surface area contributed by atoms with Crippen LogP contribution in [-0.4, -0.2) is 46.9 Å². The van der Waals surface area contributed by atoms with Gasteiger partial charge in [-0.3, -0.25) is 0 Å². The van der Waals surface area contributed by atoms with Gasteiger partial charge in [-0.1, -0.05) is 43.2 Å². The number of hydrogen-bond acceptors (Lipinski definition) is 4. The van der Waals surface area contributed by atoms with Gasteiger partial charge in [-0.05, 0) is 57.9 Å². The molecule has 29 heavy (non-hydrogen) atoms. The Bertz CT molecular complexity index is 640. The Kier molecular flexibility index (Phi) is 8.96. The zero-order valence-corrected chi connectivity index (χ0v) is 17.9. The number of rotatable bonds is 9. The van der Waals surface area contributed by atoms with Gasteiger partial charge in [-0.25, -0.2) is 9.59 Å². The Morgan fingerprint density at radius 3 is 2.48 bits per heavy atom. The van der Waals surface area contributed by atoms with Gasteiger partial charge in [0.1, 0.15) is 12.2 Å². The highest BCUT2D eigenvalue weighted by atomic mass is 16.6. The number of nitrogens with zero attached hydrogens (tertiary/aromatic N) is 1. The standard InChI is InChI=1S/C23H35NO5/c1-23(2,3)29-22(27)24(16-18-10-5-4-6-11-18)15-9-13-19-12-7-8-14-20(19)28-17-21(25)26/h4-6,10-11,19-20H,7-9,12-17H2,1-3H3,(H,25,26)/t19-,20-/m0/s1. The van der Waals surface area contributed by atoms with Gasteiger partial charge in [0.15, 0.2) is 0 Å². The van der Waals surface area contributed by atoms with Gasteiger partial charge in [0.25, 0.3) is 0 Å². The van der Waals surface area contributed by atoms with E-state index in [9.17, 15) is 9.59 Å². The lowest BCUT2D eigenvalue weighted by molar-refractivity contribution is -0.146. The highest BCUT2D eigenvalue weighted by Crippen LogP contribution is 2.30. The van der Waals surface area contributed by atoms with Crippen LogP contribution < -0.4 is 0 Å². The lowest BCUT2D eigenvalue weighted by atomic mass is 9.83. The molecule has 0 saturated heterocycles. The minimum atomic E-state index is -0.923. The van der Waals surface area contributed by atoms with Crippen molar-refractivity contribution >= 4 is 12.1 Å². The average Bonchev–Trinajstić information content (AvgIpc) is 2.66. The molecule has 0 bridgehead atoms. The van der Waals surface area contributed by atoms with Crippen LogP contribution in [0.5, 0.6) is 0 Å². The number of carbonyl (C=O) groups is 2. The summed E-state index contributed by atoms with van der Waals surface area (Å²) >= 11 is 0. The van der Waals surface area contributed by atoms with Crippen LogP contribution in [0, 0.1) is 5.92 Å². The minimum Gasteiger partial charge on any atom is -0.480 e. The van der Waals surface area contributed by atoms with Gasteiger partial charge >= 0.3 is 12.1 Å². The molecular formula is C23H35NO5. The van der Waals surface area contributed by atoms with E-state index in [1.807, 2.05) is 51.1 Å². The van der Waals surface area contributed by atoms with Crippen molar-refractivity contribution < 1.29 is 24.2 Å². The number of carbonyl (C=O) groups excluding carboxylic acids is 1. The maximum Gasteiger partial charge on any atom is 0.410 e. The van der Waals surface area contributed by atoms with E-state index in [0.29, 0.717) is 19.0 Å². The molecule has 2 rings (SSSR count). The lowest BCUT2D eigenvalue weighted by Gasteiger charge is -2.32. The van der Waals surface area contributed by atoms with Gasteiger partial charge in [-0.2, -0.15) is 0 Å². The topological polar surface area (TPSA) is 76.1 Å². The van der Waals surface area contributed by atoms with Crippen LogP contribution in [0.15, 0.2) is 30.3 Å². The fourth-order valence-corrected chi connectivity index (χ4v) is 3.81. The first-order valence-corrected chi connectivity index (χ1v) is 10.6. The third kappa shape index (κ3) is 8.86. The first kappa shape index (κ1) is 23.2. The summed E-state index contributed by atoms with van der Waals surface area (Å²) in [7, 11) is 0. The van der Waals surface area contributed by atoms with E-state index in [2.05, 4.69) is 0 Å². The van der Waals surface area contributed by atoms with Gasteiger partial charge in [-0.15, -0.1) is 0 Å². The summed E-state index contributed by atoms with van der Waals surface area (Å²) in [4.78, 5) is 25.3. The molecular weight excluding hydrogens is 370 g/mol. The zero-order valence-electron chi connectivity index (χ0n) is 17.9. The molecule has 2 atom stereocenters. The molecule has 162 valence electrons. The third-order valence-electron chi connectivity index (χ3n) is 5.13. The second-order valence-electron chi connectivity index (χ2n) is 8.82. The maximum absolute atomic E-state index is 12.7. The second-order valence-corrected chi connectivity index (χ2v) is 8.82. The Hall–Kier alpha value is -2.08. The van der Waals surface area contributed by atoms with Crippen LogP contribution in [0.25, 0.3) is 0 Å². The van der Waals surface area contributed by atoms with E-state index >= 15 is 0 Å². The molecule has 1 aliphatic carbocycles. The fraction of sp³-hybridized carbons (Fsp3) is 0.652. The van der Waals surface area contributed by atoms with Gasteiger partial charge < -0.3 is 19.5 Å². The Labute approximate surface area is 174 Å². The molecule has 0 radical (unpaired) electrons. The summed E-state index contributed by atoms with van der Waals surface area (Å²) in [6.45, 7) is 6.50. The van der Waals surface area contributed by atoms with E-state index in [0.717, 1.165) is 44.1 Å². The summed E-state index contributed by atoms with van der Waals surface area (Å²) in [6, 6.07) is 9.91. The van der Waals surface area contributed by atoms with Crippen molar-refractivity contribution in [3.8, 4) is 0 Å². The highest BCUT2D eigenvalue weighted by Gasteiger charge is 2.27. The quantitative estimate of drug-likeness (QED) is 0.635. The van der Waals surface area contributed by atoms with E-state index in [4.69, 9.17) is 14.6 Å². The van der Waals surface area contributed by atoms with Crippen LogP contribution in [0.4, 0.5) is 4.79 Å². The summed E-state index contributed by atoms with van der Waals surface area (Å²) < 4.78 is 11.2. The van der Waals surface area contributed by atoms with Crippen LogP contribution in [-0.2, 0) is 20.8 Å². The minimum absolute atomic E-state index is 0.00366. The average molecular weight is 406 g/mol. The molecule has 6 nitrogen and oxygen atoms in total. The van der Waals surface area contributed by atoms with Crippen LogP contribution >= 0.6 is 0 Å². The third-order valence-corrected chi connectivity index (χ3v) is 5.13. The molecule has 0 spiro atoms. The number of hydrogen-bond donors (Lipinski definition) is 1. The van der Waals surface area contributed by atoms with Crippen molar-refractivity contribution in [2.24, 2.45) is 5.92 Å². The predicted octanol–water partition coefficient (Wildman–Crippen LogP) is 4.86. The molecule has 1 aromatic carbocycles. The molecule has 0 heterocycles. The van der Waals surface area contributed by atoms with E-state index in [1.165, 1.54) is 0 Å². The summed E-state index contributed by atoms with van der Waals surface area (Å²) in [5, 5.41) is 8.89. The summed E-state index contributed by atoms with van der Waals surface area (Å²) in [6.07, 6.45) is 5.65. The molecule has 1 N–H and O–H groups in total. The second kappa shape index (κ2) is 11.2. The van der Waals surface area contributed by atoms with E-state index < -0.39 is 11.6 Å². The molecule has 1 aromatic rings. The first-order chi connectivity index (χ1) is 13.7. The molecule has 0 aromatic heterocycles. The molecule has 0 unspecified atom stereocenters. The fourth-order valence-electron chi connectivity index (χ4n) is 3.81. The monoisotopic (exact) mass is 405 g/mol. The van der Waals surface area contributed by atoms with Gasteiger partial charge in [0.05, 0.1) is 6.10 Å². The van der Waals surface area contributed by atoms with Crippen molar-refractivity contribution in [3.05, 3.63) is 35.9 Å². The van der Waals surface area contributed by atoms with E-state index in [1.54, 1.807) is 4.90 Å². The molecule has 1 fully saturated rings. The van der Waals surface area contributed by atoms with Crippen molar-refractivity contribution in [2.45, 2.75) is 77.5 Å². The predicted molar refractivity (Wildman–Crippen MR) is 112 cm³/mol. The number of amides is 1. The maximum atomic E-state index is 12.7. The SMILES string of the molecule is CC(C)(C)OC(=O)N(CCC[C@@H]1CCCC[C@@H]1OCC(=O)O)Cc1ccccc1. The van der Waals surface area contributed by atoms with Crippen molar-refractivity contribution in [1.29, 1.82) is 0 Å². The van der Waals surface area contributed by atoms with Gasteiger partial charge in [0, 0.05) is 13.1 Å². The lowest BCUT2D eigenvalue weighted by Crippen LogP contribution is -2.37. The van der Waals surface area contributed by atoms with Crippen LogP contribution in [0.3, 0.4) is 0 Å². The van der Waals surface area contributed by atoms with Gasteiger partial charge in [0.2, 0.25) is 0 Å². The molecule has 6 heteroatoms. The molecule has 1 amide bonds. The normalized spacial score (nSPS) is 19.6. The van der Waals surface area contributed by atoms with Crippen LogP contribution in [0.1, 0.15) is 64.9 Å². The summed E-state index contributed by atoms with van der Waals surface area (Å²) in [5.41, 5.74) is 0.532. The number of benzene rings is 1. The number of carboxylic acid groups (broad SMARTS) is 1. The van der Waals surface area contributed by atoms with E-state index in [-0.39, 0.29) is 18.8 Å². The molecule has 1 saturated carbocycles. The Morgan fingerprint density at radius 2 is 1.83 bits per heavy atom. The summed E-state index contributed by atoms with van der Waals surface area (Å²) in [5.74, 6) is -0.575. The number of ether oxygens (including phenoxy) is 2. The van der Waals surface area contributed by atoms with Crippen molar-refractivity contribution in [2.75, 3.05) is 13.2 Å². The Morgan fingerprint density at radius 1 is 1.14 bits per heavy atom. The zero-order chi connectivity index (χ0) is 21.3. The number of aliphatic carboxylic acids is 1. The number of carboxylic acids is 1. The van der Waals surface area contributed by atoms with Crippen molar-refractivity contribution in [1.82, 2.24) is 4.90 Å². The molecule has 0 aliphatic heterocycles.